The van der Waals surface area contributed by atoms with Crippen molar-refractivity contribution in [3.63, 3.8) is 0 Å². The zero-order chi connectivity index (χ0) is 13.2. The third kappa shape index (κ3) is 3.26. The number of aliphatic hydroxyl groups excluding tert-OH is 1. The Morgan fingerprint density at radius 3 is 3.11 bits per heavy atom. The topological polar surface area (TPSA) is 29.5 Å². The smallest absolute Gasteiger partial charge is 0.125 e. The molecule has 0 amide bonds. The first kappa shape index (κ1) is 14.1. The van der Waals surface area contributed by atoms with Crippen LogP contribution in [0, 0.1) is 0 Å². The maximum absolute atomic E-state index is 10.4. The number of halogens is 1. The van der Waals surface area contributed by atoms with E-state index in [9.17, 15) is 5.11 Å². The number of rotatable bonds is 3. The Hall–Kier alpha value is 0.160. The monoisotopic (exact) mass is 360 g/mol. The summed E-state index contributed by atoms with van der Waals surface area (Å²) in [5.74, 6) is 4.43. The predicted molar refractivity (Wildman–Crippen MR) is 86.6 cm³/mol. The summed E-state index contributed by atoms with van der Waals surface area (Å²) in [5.41, 5.74) is 2.41. The van der Waals surface area contributed by atoms with E-state index in [2.05, 4.69) is 28.1 Å². The van der Waals surface area contributed by atoms with E-state index in [1.54, 1.807) is 0 Å². The molecule has 1 aromatic carbocycles. The number of ether oxygens (including phenoxy) is 1. The lowest BCUT2D eigenvalue weighted by molar-refractivity contribution is 0.176. The SMILES string of the molecule is OC(Cc1cc(Br)cc2c1OCC2)C1CSCCS1. The van der Waals surface area contributed by atoms with Gasteiger partial charge in [0.1, 0.15) is 5.75 Å². The molecular weight excluding hydrogens is 344 g/mol. The van der Waals surface area contributed by atoms with Gasteiger partial charge >= 0.3 is 0 Å². The first-order chi connectivity index (χ1) is 9.24. The molecule has 19 heavy (non-hydrogen) atoms. The summed E-state index contributed by atoms with van der Waals surface area (Å²) in [7, 11) is 0. The summed E-state index contributed by atoms with van der Waals surface area (Å²) in [4.78, 5) is 0. The van der Waals surface area contributed by atoms with Crippen LogP contribution in [-0.4, -0.2) is 40.3 Å². The van der Waals surface area contributed by atoms with Crippen molar-refractivity contribution >= 4 is 39.5 Å². The summed E-state index contributed by atoms with van der Waals surface area (Å²) in [6.45, 7) is 0.767. The van der Waals surface area contributed by atoms with Gasteiger partial charge < -0.3 is 9.84 Å². The van der Waals surface area contributed by atoms with Gasteiger partial charge in [-0.3, -0.25) is 0 Å². The van der Waals surface area contributed by atoms with E-state index in [-0.39, 0.29) is 6.10 Å². The van der Waals surface area contributed by atoms with Gasteiger partial charge in [-0.15, -0.1) is 0 Å². The van der Waals surface area contributed by atoms with Crippen molar-refractivity contribution < 1.29 is 9.84 Å². The molecule has 2 nitrogen and oxygen atoms in total. The minimum absolute atomic E-state index is 0.277. The third-order valence-electron chi connectivity index (χ3n) is 3.53. The quantitative estimate of drug-likeness (QED) is 0.896. The van der Waals surface area contributed by atoms with E-state index in [1.807, 2.05) is 23.5 Å². The Kier molecular flexibility index (Phi) is 4.67. The minimum atomic E-state index is -0.277. The van der Waals surface area contributed by atoms with Crippen molar-refractivity contribution in [2.24, 2.45) is 0 Å². The molecule has 3 rings (SSSR count). The van der Waals surface area contributed by atoms with Crippen molar-refractivity contribution in [1.82, 2.24) is 0 Å². The molecule has 0 spiro atoms. The van der Waals surface area contributed by atoms with Gasteiger partial charge in [0.2, 0.25) is 0 Å². The molecule has 2 heterocycles. The van der Waals surface area contributed by atoms with Crippen molar-refractivity contribution in [3.05, 3.63) is 27.7 Å². The fraction of sp³-hybridized carbons (Fsp3) is 0.571. The van der Waals surface area contributed by atoms with Crippen LogP contribution in [0.4, 0.5) is 0 Å². The molecule has 0 saturated carbocycles. The number of benzene rings is 1. The fourth-order valence-corrected chi connectivity index (χ4v) is 5.91. The molecule has 0 radical (unpaired) electrons. The van der Waals surface area contributed by atoms with E-state index >= 15 is 0 Å². The third-order valence-corrected chi connectivity index (χ3v) is 6.89. The Labute approximate surface area is 130 Å². The van der Waals surface area contributed by atoms with Gasteiger partial charge in [0.25, 0.3) is 0 Å². The zero-order valence-electron chi connectivity index (χ0n) is 10.6. The molecule has 1 saturated heterocycles. The molecule has 1 N–H and O–H groups in total. The molecule has 1 aromatic rings. The molecule has 1 fully saturated rings. The Morgan fingerprint density at radius 1 is 1.42 bits per heavy atom. The Balaban J connectivity index is 1.75. The average Bonchev–Trinajstić information content (AvgIpc) is 2.88. The molecule has 2 atom stereocenters. The molecular formula is C14H17BrO2S2. The highest BCUT2D eigenvalue weighted by molar-refractivity contribution is 9.10. The van der Waals surface area contributed by atoms with Crippen LogP contribution < -0.4 is 4.74 Å². The second-order valence-corrected chi connectivity index (χ2v) is 8.32. The first-order valence-corrected chi connectivity index (χ1v) is 9.55. The van der Waals surface area contributed by atoms with Crippen LogP contribution in [0.25, 0.3) is 0 Å². The van der Waals surface area contributed by atoms with Gasteiger partial charge in [-0.1, -0.05) is 15.9 Å². The lowest BCUT2D eigenvalue weighted by atomic mass is 10.0. The van der Waals surface area contributed by atoms with Gasteiger partial charge in [0.05, 0.1) is 12.7 Å². The van der Waals surface area contributed by atoms with E-state index in [0.29, 0.717) is 11.7 Å². The molecule has 2 aliphatic rings. The lowest BCUT2D eigenvalue weighted by Crippen LogP contribution is -2.30. The van der Waals surface area contributed by atoms with Gasteiger partial charge in [-0.05, 0) is 23.3 Å². The van der Waals surface area contributed by atoms with Gasteiger partial charge in [-0.2, -0.15) is 23.5 Å². The summed E-state index contributed by atoms with van der Waals surface area (Å²) in [6, 6.07) is 4.22. The maximum Gasteiger partial charge on any atom is 0.125 e. The molecule has 104 valence electrons. The zero-order valence-corrected chi connectivity index (χ0v) is 13.8. The van der Waals surface area contributed by atoms with Crippen LogP contribution in [0.3, 0.4) is 0 Å². The number of thioether (sulfide) groups is 2. The van der Waals surface area contributed by atoms with Crippen LogP contribution >= 0.6 is 39.5 Å². The molecule has 0 bridgehead atoms. The van der Waals surface area contributed by atoms with Gasteiger partial charge in [0, 0.05) is 39.8 Å². The highest BCUT2D eigenvalue weighted by Crippen LogP contribution is 2.35. The minimum Gasteiger partial charge on any atom is -0.493 e. The summed E-state index contributed by atoms with van der Waals surface area (Å²) >= 11 is 7.41. The van der Waals surface area contributed by atoms with Gasteiger partial charge in [-0.25, -0.2) is 0 Å². The number of fused-ring (bicyclic) bond motifs is 1. The first-order valence-electron chi connectivity index (χ1n) is 6.55. The van der Waals surface area contributed by atoms with Crippen LogP contribution in [0.1, 0.15) is 11.1 Å². The van der Waals surface area contributed by atoms with E-state index < -0.39 is 0 Å². The van der Waals surface area contributed by atoms with Crippen molar-refractivity contribution in [2.75, 3.05) is 23.9 Å². The van der Waals surface area contributed by atoms with Crippen molar-refractivity contribution in [1.29, 1.82) is 0 Å². The standard InChI is InChI=1S/C14H17BrO2S2/c15-11-5-9-1-2-17-14(9)10(6-11)7-12(16)13-8-18-3-4-19-13/h5-6,12-13,16H,1-4,7-8H2. The highest BCUT2D eigenvalue weighted by Gasteiger charge is 2.26. The van der Waals surface area contributed by atoms with Gasteiger partial charge in [0.15, 0.2) is 0 Å². The Morgan fingerprint density at radius 2 is 2.32 bits per heavy atom. The highest BCUT2D eigenvalue weighted by atomic mass is 79.9. The lowest BCUT2D eigenvalue weighted by Gasteiger charge is -2.26. The van der Waals surface area contributed by atoms with Crippen LogP contribution in [-0.2, 0) is 12.8 Å². The maximum atomic E-state index is 10.4. The Bertz CT molecular complexity index is 461. The summed E-state index contributed by atoms with van der Waals surface area (Å²) < 4.78 is 6.82. The molecule has 2 unspecified atom stereocenters. The summed E-state index contributed by atoms with van der Waals surface area (Å²) in [6.07, 6.45) is 1.40. The largest absolute Gasteiger partial charge is 0.493 e. The molecule has 0 aliphatic carbocycles. The van der Waals surface area contributed by atoms with Crippen molar-refractivity contribution in [2.45, 2.75) is 24.2 Å². The molecule has 5 heteroatoms. The summed E-state index contributed by atoms with van der Waals surface area (Å²) in [5, 5.41) is 10.8. The fourth-order valence-electron chi connectivity index (χ4n) is 2.58. The van der Waals surface area contributed by atoms with Crippen LogP contribution in [0.5, 0.6) is 5.75 Å². The second-order valence-electron chi connectivity index (χ2n) is 4.91. The second kappa shape index (κ2) is 6.29. The van der Waals surface area contributed by atoms with Crippen molar-refractivity contribution in [3.8, 4) is 5.75 Å². The predicted octanol–water partition coefficient (Wildman–Crippen LogP) is 3.14. The van der Waals surface area contributed by atoms with E-state index in [1.165, 1.54) is 11.3 Å². The van der Waals surface area contributed by atoms with Crippen LogP contribution in [0.15, 0.2) is 16.6 Å². The molecule has 0 aromatic heterocycles. The normalized spacial score (nSPS) is 23.8. The van der Waals surface area contributed by atoms with Crippen LogP contribution in [0.2, 0.25) is 0 Å². The average molecular weight is 361 g/mol. The van der Waals surface area contributed by atoms with E-state index in [4.69, 9.17) is 4.74 Å². The van der Waals surface area contributed by atoms with E-state index in [0.717, 1.165) is 40.3 Å². The number of hydrogen-bond donors (Lipinski definition) is 1. The molecule has 2 aliphatic heterocycles. The number of hydrogen-bond acceptors (Lipinski definition) is 4. The number of aliphatic hydroxyl groups is 1.